The number of hydrogen-bond donors (Lipinski definition) is 1. The summed E-state index contributed by atoms with van der Waals surface area (Å²) in [6, 6.07) is 1.31. The van der Waals surface area contributed by atoms with Crippen molar-refractivity contribution in [2.45, 2.75) is 20.3 Å². The third kappa shape index (κ3) is 2.26. The van der Waals surface area contributed by atoms with E-state index in [9.17, 15) is 19.1 Å². The number of carboxylic acids is 1. The molecular weight excluding hydrogens is 263 g/mol. The van der Waals surface area contributed by atoms with Gasteiger partial charge in [-0.05, 0) is 18.4 Å². The van der Waals surface area contributed by atoms with Crippen LogP contribution in [0.5, 0.6) is 0 Å². The lowest BCUT2D eigenvalue weighted by molar-refractivity contribution is -0.150. The first-order valence-electron chi connectivity index (χ1n) is 6.50. The zero-order valence-electron chi connectivity index (χ0n) is 11.5. The van der Waals surface area contributed by atoms with E-state index in [0.717, 1.165) is 6.20 Å². The second-order valence-electron chi connectivity index (χ2n) is 5.45. The highest BCUT2D eigenvalue weighted by molar-refractivity contribution is 5.95. The fourth-order valence-corrected chi connectivity index (χ4v) is 2.62. The van der Waals surface area contributed by atoms with Crippen molar-refractivity contribution in [3.63, 3.8) is 0 Å². The summed E-state index contributed by atoms with van der Waals surface area (Å²) < 4.78 is 13.6. The maximum atomic E-state index is 13.6. The number of carbonyl (C=O) groups is 2. The first-order valence-corrected chi connectivity index (χ1v) is 6.50. The van der Waals surface area contributed by atoms with Gasteiger partial charge >= 0.3 is 5.97 Å². The number of aliphatic carboxylic acids is 1. The average molecular weight is 280 g/mol. The lowest BCUT2D eigenvalue weighted by Crippen LogP contribution is -2.40. The van der Waals surface area contributed by atoms with E-state index in [0.29, 0.717) is 13.0 Å². The molecule has 6 heteroatoms. The normalized spacial score (nSPS) is 22.3. The Bertz CT molecular complexity index is 547. The summed E-state index contributed by atoms with van der Waals surface area (Å²) in [4.78, 5) is 28.8. The van der Waals surface area contributed by atoms with Crippen LogP contribution in [0.4, 0.5) is 4.39 Å². The van der Waals surface area contributed by atoms with Gasteiger partial charge in [0.25, 0.3) is 5.91 Å². The van der Waals surface area contributed by atoms with Gasteiger partial charge in [-0.3, -0.25) is 14.6 Å². The summed E-state index contributed by atoms with van der Waals surface area (Å²) in [7, 11) is 0. The number of nitrogens with zero attached hydrogens (tertiary/aromatic N) is 2. The van der Waals surface area contributed by atoms with Gasteiger partial charge in [0, 0.05) is 19.3 Å². The molecule has 1 amide bonds. The van der Waals surface area contributed by atoms with E-state index in [1.165, 1.54) is 17.2 Å². The predicted molar refractivity (Wildman–Crippen MR) is 69.6 cm³/mol. The van der Waals surface area contributed by atoms with Crippen LogP contribution >= 0.6 is 0 Å². The molecule has 0 spiro atoms. The molecule has 1 fully saturated rings. The van der Waals surface area contributed by atoms with Gasteiger partial charge < -0.3 is 10.0 Å². The van der Waals surface area contributed by atoms with Gasteiger partial charge in [-0.2, -0.15) is 0 Å². The lowest BCUT2D eigenvalue weighted by Gasteiger charge is -2.28. The molecule has 20 heavy (non-hydrogen) atoms. The summed E-state index contributed by atoms with van der Waals surface area (Å²) >= 11 is 0. The van der Waals surface area contributed by atoms with Crippen LogP contribution in [0, 0.1) is 17.2 Å². The average Bonchev–Trinajstić information content (AvgIpc) is 2.85. The van der Waals surface area contributed by atoms with E-state index in [2.05, 4.69) is 4.98 Å². The van der Waals surface area contributed by atoms with E-state index in [1.54, 1.807) is 0 Å². The van der Waals surface area contributed by atoms with Gasteiger partial charge in [0.15, 0.2) is 5.82 Å². The summed E-state index contributed by atoms with van der Waals surface area (Å²) in [5.74, 6) is -2.17. The van der Waals surface area contributed by atoms with Crippen molar-refractivity contribution in [1.29, 1.82) is 0 Å². The molecule has 2 rings (SSSR count). The number of hydrogen-bond acceptors (Lipinski definition) is 3. The molecule has 1 N–H and O–H groups in total. The molecule has 0 aromatic carbocycles. The molecule has 1 aromatic rings. The van der Waals surface area contributed by atoms with E-state index in [-0.39, 0.29) is 18.0 Å². The smallest absolute Gasteiger partial charge is 0.311 e. The summed E-state index contributed by atoms with van der Waals surface area (Å²) in [5.41, 5.74) is -1.01. The Hall–Kier alpha value is -1.98. The predicted octanol–water partition coefficient (Wildman–Crippen LogP) is 1.79. The molecule has 2 heterocycles. The van der Waals surface area contributed by atoms with Crippen molar-refractivity contribution in [1.82, 2.24) is 9.88 Å². The van der Waals surface area contributed by atoms with Crippen molar-refractivity contribution >= 4 is 11.9 Å². The Morgan fingerprint density at radius 2 is 2.20 bits per heavy atom. The van der Waals surface area contributed by atoms with Crippen molar-refractivity contribution in [2.24, 2.45) is 11.3 Å². The Balaban J connectivity index is 2.23. The first kappa shape index (κ1) is 14.4. The van der Waals surface area contributed by atoms with E-state index in [1.807, 2.05) is 13.8 Å². The fourth-order valence-electron chi connectivity index (χ4n) is 2.62. The van der Waals surface area contributed by atoms with Crippen molar-refractivity contribution in [3.8, 4) is 0 Å². The number of likely N-dealkylation sites (tertiary alicyclic amines) is 1. The number of halogens is 1. The minimum atomic E-state index is -0.945. The standard InChI is InChI=1S/C14H17FN2O3/c1-9(2)14(13(19)20)4-6-17(8-14)12(18)10-3-5-16-7-11(10)15/h3,5,7,9H,4,6,8H2,1-2H3,(H,19,20). The van der Waals surface area contributed by atoms with Gasteiger partial charge in [0.2, 0.25) is 0 Å². The second-order valence-corrected chi connectivity index (χ2v) is 5.45. The maximum Gasteiger partial charge on any atom is 0.311 e. The number of carboxylic acid groups (broad SMARTS) is 1. The van der Waals surface area contributed by atoms with Crippen LogP contribution in [-0.2, 0) is 4.79 Å². The van der Waals surface area contributed by atoms with Crippen LogP contribution in [0.3, 0.4) is 0 Å². The molecule has 0 saturated carbocycles. The molecule has 5 nitrogen and oxygen atoms in total. The van der Waals surface area contributed by atoms with Crippen LogP contribution in [0.1, 0.15) is 30.6 Å². The van der Waals surface area contributed by atoms with Gasteiger partial charge in [0.1, 0.15) is 0 Å². The largest absolute Gasteiger partial charge is 0.481 e. The molecule has 1 aromatic heterocycles. The first-order chi connectivity index (χ1) is 9.38. The Kier molecular flexibility index (Phi) is 3.74. The molecule has 0 aliphatic carbocycles. The van der Waals surface area contributed by atoms with E-state index in [4.69, 9.17) is 0 Å². The molecule has 1 aliphatic rings. The zero-order chi connectivity index (χ0) is 14.9. The molecular formula is C14H17FN2O3. The maximum absolute atomic E-state index is 13.6. The molecule has 1 atom stereocenters. The Morgan fingerprint density at radius 1 is 1.50 bits per heavy atom. The van der Waals surface area contributed by atoms with Crippen molar-refractivity contribution < 1.29 is 19.1 Å². The third-order valence-corrected chi connectivity index (χ3v) is 4.12. The van der Waals surface area contributed by atoms with Crippen LogP contribution in [-0.4, -0.2) is 40.0 Å². The molecule has 0 radical (unpaired) electrons. The molecule has 0 bridgehead atoms. The highest BCUT2D eigenvalue weighted by Crippen LogP contribution is 2.38. The fraction of sp³-hybridized carbons (Fsp3) is 0.500. The number of amides is 1. The highest BCUT2D eigenvalue weighted by Gasteiger charge is 2.48. The number of aromatic nitrogens is 1. The molecule has 108 valence electrons. The SMILES string of the molecule is CC(C)C1(C(=O)O)CCN(C(=O)c2ccncc2F)C1. The minimum absolute atomic E-state index is 0.0649. The van der Waals surface area contributed by atoms with Crippen LogP contribution in [0.25, 0.3) is 0 Å². The van der Waals surface area contributed by atoms with Gasteiger partial charge in [0.05, 0.1) is 17.2 Å². The quantitative estimate of drug-likeness (QED) is 0.916. The van der Waals surface area contributed by atoms with Gasteiger partial charge in [-0.25, -0.2) is 4.39 Å². The zero-order valence-corrected chi connectivity index (χ0v) is 11.5. The van der Waals surface area contributed by atoms with E-state index < -0.39 is 23.1 Å². The van der Waals surface area contributed by atoms with Gasteiger partial charge in [-0.15, -0.1) is 0 Å². The van der Waals surface area contributed by atoms with Crippen molar-refractivity contribution in [3.05, 3.63) is 29.8 Å². The molecule has 1 unspecified atom stereocenters. The highest BCUT2D eigenvalue weighted by atomic mass is 19.1. The van der Waals surface area contributed by atoms with E-state index >= 15 is 0 Å². The summed E-state index contributed by atoms with van der Waals surface area (Å²) in [6.07, 6.45) is 2.72. The Morgan fingerprint density at radius 3 is 2.70 bits per heavy atom. The monoisotopic (exact) mass is 280 g/mol. The lowest BCUT2D eigenvalue weighted by atomic mass is 9.76. The van der Waals surface area contributed by atoms with Gasteiger partial charge in [-0.1, -0.05) is 13.8 Å². The number of rotatable bonds is 3. The van der Waals surface area contributed by atoms with Crippen LogP contribution in [0.15, 0.2) is 18.5 Å². The number of pyridine rings is 1. The number of carbonyl (C=O) groups excluding carboxylic acids is 1. The molecule has 1 saturated heterocycles. The summed E-state index contributed by atoms with van der Waals surface area (Å²) in [5, 5.41) is 9.44. The Labute approximate surface area is 116 Å². The minimum Gasteiger partial charge on any atom is -0.481 e. The topological polar surface area (TPSA) is 70.5 Å². The summed E-state index contributed by atoms with van der Waals surface area (Å²) in [6.45, 7) is 4.09. The third-order valence-electron chi connectivity index (χ3n) is 4.12. The van der Waals surface area contributed by atoms with Crippen LogP contribution in [0.2, 0.25) is 0 Å². The van der Waals surface area contributed by atoms with Crippen molar-refractivity contribution in [2.75, 3.05) is 13.1 Å². The molecule has 1 aliphatic heterocycles. The second kappa shape index (κ2) is 5.19. The van der Waals surface area contributed by atoms with Crippen LogP contribution < -0.4 is 0 Å².